The summed E-state index contributed by atoms with van der Waals surface area (Å²) in [6, 6.07) is 16.5. The fraction of sp³-hybridized carbons (Fsp3) is 0.462. The van der Waals surface area contributed by atoms with Gasteiger partial charge in [-0.1, -0.05) is 42.5 Å². The first kappa shape index (κ1) is 23.1. The van der Waals surface area contributed by atoms with Crippen LogP contribution in [0.3, 0.4) is 0 Å². The predicted octanol–water partition coefficient (Wildman–Crippen LogP) is 3.22. The summed E-state index contributed by atoms with van der Waals surface area (Å²) in [5.74, 6) is -0.665. The highest BCUT2D eigenvalue weighted by Crippen LogP contribution is 2.42. The van der Waals surface area contributed by atoms with Crippen molar-refractivity contribution in [2.45, 2.75) is 68.9 Å². The number of hydrogen-bond acceptors (Lipinski definition) is 4. The van der Waals surface area contributed by atoms with Gasteiger partial charge in [0.05, 0.1) is 5.92 Å². The normalized spacial score (nSPS) is 30.4. The highest BCUT2D eigenvalue weighted by molar-refractivity contribution is 7.89. The van der Waals surface area contributed by atoms with Gasteiger partial charge < -0.3 is 10.6 Å². The molecule has 0 spiro atoms. The summed E-state index contributed by atoms with van der Waals surface area (Å²) >= 11 is 0. The molecule has 0 aromatic heterocycles. The Morgan fingerprint density at radius 2 is 1.68 bits per heavy atom. The first-order valence-corrected chi connectivity index (χ1v) is 13.5. The average Bonchev–Trinajstić information content (AvgIpc) is 3.41. The third-order valence-electron chi connectivity index (χ3n) is 7.87. The maximum atomic E-state index is 13.5. The second-order valence-corrected chi connectivity index (χ2v) is 11.9. The molecule has 3 aliphatic rings. The maximum absolute atomic E-state index is 13.5. The van der Waals surface area contributed by atoms with Gasteiger partial charge in [0.2, 0.25) is 15.9 Å². The number of carbonyl (C=O) groups is 2. The summed E-state index contributed by atoms with van der Waals surface area (Å²) in [7, 11) is -3.51. The molecule has 3 saturated heterocycles. The van der Waals surface area contributed by atoms with Crippen LogP contribution in [0.4, 0.5) is 0 Å². The lowest BCUT2D eigenvalue weighted by atomic mass is 9.89. The molecule has 0 aliphatic carbocycles. The third-order valence-corrected chi connectivity index (χ3v) is 10.2. The minimum atomic E-state index is -3.51. The van der Waals surface area contributed by atoms with Crippen molar-refractivity contribution in [1.29, 1.82) is 0 Å². The Morgan fingerprint density at radius 3 is 2.32 bits per heavy atom. The Kier molecular flexibility index (Phi) is 5.98. The number of hydrogen-bond donors (Lipinski definition) is 1. The van der Waals surface area contributed by atoms with Crippen molar-refractivity contribution in [3.63, 3.8) is 0 Å². The molecule has 5 rings (SSSR count). The van der Waals surface area contributed by atoms with Crippen molar-refractivity contribution in [2.24, 2.45) is 11.7 Å². The second-order valence-electron chi connectivity index (χ2n) is 9.87. The molecule has 2 N–H and O–H groups in total. The van der Waals surface area contributed by atoms with Crippen molar-refractivity contribution >= 4 is 21.8 Å². The summed E-state index contributed by atoms with van der Waals surface area (Å²) in [6.45, 7) is 2.23. The van der Waals surface area contributed by atoms with Crippen molar-refractivity contribution in [3.05, 3.63) is 71.3 Å². The molecule has 7 nitrogen and oxygen atoms in total. The van der Waals surface area contributed by atoms with Gasteiger partial charge in [0.1, 0.15) is 5.25 Å². The zero-order chi connectivity index (χ0) is 24.0. The zero-order valence-electron chi connectivity index (χ0n) is 19.3. The Morgan fingerprint density at radius 1 is 0.971 bits per heavy atom. The minimum Gasteiger partial charge on any atom is -0.369 e. The summed E-state index contributed by atoms with van der Waals surface area (Å²) < 4.78 is 28.5. The van der Waals surface area contributed by atoms with Crippen LogP contribution >= 0.6 is 0 Å². The van der Waals surface area contributed by atoms with Crippen LogP contribution < -0.4 is 5.73 Å². The number of sulfonamides is 1. The van der Waals surface area contributed by atoms with Crippen LogP contribution in [0.15, 0.2) is 54.6 Å². The topological polar surface area (TPSA) is 101 Å². The van der Waals surface area contributed by atoms with Gasteiger partial charge in [-0.15, -0.1) is 0 Å². The van der Waals surface area contributed by atoms with E-state index in [0.29, 0.717) is 18.4 Å². The fourth-order valence-corrected chi connectivity index (χ4v) is 8.24. The van der Waals surface area contributed by atoms with Crippen LogP contribution in [0.25, 0.3) is 0 Å². The predicted molar refractivity (Wildman–Crippen MR) is 129 cm³/mol. The fourth-order valence-electron chi connectivity index (χ4n) is 6.04. The van der Waals surface area contributed by atoms with Crippen LogP contribution in [0.2, 0.25) is 0 Å². The maximum Gasteiger partial charge on any atom is 0.254 e. The molecule has 3 fully saturated rings. The van der Waals surface area contributed by atoms with E-state index >= 15 is 0 Å². The van der Waals surface area contributed by atoms with Gasteiger partial charge >= 0.3 is 0 Å². The lowest BCUT2D eigenvalue weighted by Gasteiger charge is -2.37. The molecule has 3 aliphatic heterocycles. The van der Waals surface area contributed by atoms with E-state index in [2.05, 4.69) is 0 Å². The van der Waals surface area contributed by atoms with Gasteiger partial charge in [0.25, 0.3) is 5.91 Å². The van der Waals surface area contributed by atoms with Gasteiger partial charge in [-0.25, -0.2) is 8.42 Å². The van der Waals surface area contributed by atoms with E-state index in [9.17, 15) is 18.0 Å². The van der Waals surface area contributed by atoms with Crippen molar-refractivity contribution in [1.82, 2.24) is 9.21 Å². The molecule has 2 amide bonds. The SMILES string of the molecule is C[C@H]1CCC(c2ccccc2)S(=O)(=O)N1Cc1ccc(C(=O)N2C3CCC2C(C(N)=O)C3)cc1. The number of amides is 2. The molecule has 2 aromatic carbocycles. The molecule has 8 heteroatoms. The molecular weight excluding hydrogens is 450 g/mol. The van der Waals surface area contributed by atoms with Crippen LogP contribution in [0.1, 0.15) is 65.8 Å². The molecule has 4 unspecified atom stereocenters. The number of carbonyl (C=O) groups excluding carboxylic acids is 2. The van der Waals surface area contributed by atoms with Gasteiger partial charge in [0.15, 0.2) is 0 Å². The van der Waals surface area contributed by atoms with Crippen LogP contribution in [0.5, 0.6) is 0 Å². The number of primary amides is 1. The van der Waals surface area contributed by atoms with E-state index in [0.717, 1.165) is 30.4 Å². The van der Waals surface area contributed by atoms with Crippen molar-refractivity contribution in [3.8, 4) is 0 Å². The summed E-state index contributed by atoms with van der Waals surface area (Å²) in [6.07, 6.45) is 3.79. The van der Waals surface area contributed by atoms with Crippen molar-refractivity contribution < 1.29 is 18.0 Å². The van der Waals surface area contributed by atoms with E-state index in [-0.39, 0.29) is 42.4 Å². The quantitative estimate of drug-likeness (QED) is 0.709. The van der Waals surface area contributed by atoms with E-state index in [1.807, 2.05) is 54.3 Å². The molecule has 180 valence electrons. The van der Waals surface area contributed by atoms with Crippen LogP contribution in [-0.4, -0.2) is 47.6 Å². The molecular formula is C26H31N3O4S. The molecule has 2 bridgehead atoms. The lowest BCUT2D eigenvalue weighted by molar-refractivity contribution is -0.122. The molecule has 5 atom stereocenters. The van der Waals surface area contributed by atoms with E-state index in [4.69, 9.17) is 5.73 Å². The largest absolute Gasteiger partial charge is 0.369 e. The molecule has 34 heavy (non-hydrogen) atoms. The highest BCUT2D eigenvalue weighted by Gasteiger charge is 2.50. The van der Waals surface area contributed by atoms with Gasteiger partial charge in [0, 0.05) is 30.2 Å². The number of fused-ring (bicyclic) bond motifs is 2. The zero-order valence-corrected chi connectivity index (χ0v) is 20.2. The Balaban J connectivity index is 1.32. The third kappa shape index (κ3) is 3.92. The Hall–Kier alpha value is -2.71. The molecule has 2 aromatic rings. The monoisotopic (exact) mass is 481 g/mol. The number of benzene rings is 2. The van der Waals surface area contributed by atoms with Crippen molar-refractivity contribution in [2.75, 3.05) is 0 Å². The van der Waals surface area contributed by atoms with Crippen LogP contribution in [0, 0.1) is 5.92 Å². The average molecular weight is 482 g/mol. The first-order valence-electron chi connectivity index (χ1n) is 12.0. The highest BCUT2D eigenvalue weighted by atomic mass is 32.2. The summed E-state index contributed by atoms with van der Waals surface area (Å²) in [5.41, 5.74) is 7.78. The van der Waals surface area contributed by atoms with Gasteiger partial charge in [-0.3, -0.25) is 9.59 Å². The van der Waals surface area contributed by atoms with Gasteiger partial charge in [-0.2, -0.15) is 4.31 Å². The lowest BCUT2D eigenvalue weighted by Crippen LogP contribution is -2.44. The Bertz CT molecular complexity index is 1180. The molecule has 0 radical (unpaired) electrons. The second kappa shape index (κ2) is 8.82. The first-order chi connectivity index (χ1) is 16.3. The van der Waals surface area contributed by atoms with E-state index in [1.54, 1.807) is 16.4 Å². The molecule has 3 heterocycles. The number of nitrogens with zero attached hydrogens (tertiary/aromatic N) is 2. The smallest absolute Gasteiger partial charge is 0.254 e. The summed E-state index contributed by atoms with van der Waals surface area (Å²) in [5, 5.41) is -0.533. The van der Waals surface area contributed by atoms with Gasteiger partial charge in [-0.05, 0) is 62.3 Å². The van der Waals surface area contributed by atoms with Crippen LogP contribution in [-0.2, 0) is 21.4 Å². The molecule has 0 saturated carbocycles. The standard InChI is InChI=1S/C26H31N3O4S/c1-17-7-14-24(19-5-3-2-4-6-19)34(32,33)28(17)16-18-8-10-20(11-9-18)26(31)29-21-12-13-23(29)22(15-21)25(27)30/h2-6,8-11,17,21-24H,7,12-16H2,1H3,(H2,27,30)/t17-,21?,22?,23?,24?/m0/s1. The number of nitrogens with two attached hydrogens (primary N) is 1. The number of rotatable bonds is 5. The van der Waals surface area contributed by atoms with E-state index in [1.165, 1.54) is 0 Å². The van der Waals surface area contributed by atoms with E-state index < -0.39 is 15.3 Å². The minimum absolute atomic E-state index is 0.0731. The Labute approximate surface area is 201 Å². The summed E-state index contributed by atoms with van der Waals surface area (Å²) in [4.78, 5) is 26.8.